The minimum absolute atomic E-state index is 0.000334. The number of carbonyl (C=O) groups is 2. The second-order valence-corrected chi connectivity index (χ2v) is 8.02. The van der Waals surface area contributed by atoms with E-state index in [1.165, 1.54) is 7.11 Å². The maximum Gasteiger partial charge on any atom is 0.283 e. The van der Waals surface area contributed by atoms with Gasteiger partial charge in [-0.2, -0.15) is 0 Å². The van der Waals surface area contributed by atoms with E-state index < -0.39 is 11.8 Å². The van der Waals surface area contributed by atoms with Crippen molar-refractivity contribution in [2.45, 2.75) is 13.8 Å². The molecule has 140 valence electrons. The third-order valence-electron chi connectivity index (χ3n) is 4.17. The topological polar surface area (TPSA) is 58.6 Å². The van der Waals surface area contributed by atoms with Gasteiger partial charge in [-0.1, -0.05) is 23.2 Å². The normalized spacial score (nSPS) is 14.2. The molecule has 1 aliphatic heterocycles. The fourth-order valence-electron chi connectivity index (χ4n) is 2.76. The summed E-state index contributed by atoms with van der Waals surface area (Å²) in [4.78, 5) is 26.7. The highest BCUT2D eigenvalue weighted by molar-refractivity contribution is 14.1. The molecule has 2 aromatic rings. The Hall–Kier alpha value is -1.77. The van der Waals surface area contributed by atoms with Crippen LogP contribution < -0.4 is 15.0 Å². The number of ether oxygens (including phenoxy) is 1. The molecule has 0 saturated carbocycles. The van der Waals surface area contributed by atoms with Gasteiger partial charge in [0.05, 0.1) is 18.5 Å². The van der Waals surface area contributed by atoms with Crippen LogP contribution in [0.3, 0.4) is 0 Å². The molecular formula is C19H15Cl2IN2O3. The summed E-state index contributed by atoms with van der Waals surface area (Å²) in [6.45, 7) is 3.66. The van der Waals surface area contributed by atoms with Gasteiger partial charge < -0.3 is 10.1 Å². The maximum absolute atomic E-state index is 13.0. The molecule has 0 saturated heterocycles. The van der Waals surface area contributed by atoms with E-state index >= 15 is 0 Å². The predicted octanol–water partition coefficient (Wildman–Crippen LogP) is 5.01. The second kappa shape index (κ2) is 7.69. The van der Waals surface area contributed by atoms with Crippen molar-refractivity contribution in [3.05, 3.63) is 60.8 Å². The Labute approximate surface area is 180 Å². The zero-order valence-corrected chi connectivity index (χ0v) is 18.4. The van der Waals surface area contributed by atoms with Gasteiger partial charge in [0.2, 0.25) is 0 Å². The third-order valence-corrected chi connectivity index (χ3v) is 5.60. The smallest absolute Gasteiger partial charge is 0.283 e. The molecule has 0 aromatic heterocycles. The quantitative estimate of drug-likeness (QED) is 0.458. The number of rotatable bonds is 4. The van der Waals surface area contributed by atoms with E-state index in [2.05, 4.69) is 27.9 Å². The fraction of sp³-hybridized carbons (Fsp3) is 0.158. The van der Waals surface area contributed by atoms with Gasteiger partial charge in [0.1, 0.15) is 16.5 Å². The number of nitrogens with one attached hydrogen (secondary N) is 1. The van der Waals surface area contributed by atoms with Crippen LogP contribution in [0.2, 0.25) is 5.02 Å². The Bertz CT molecular complexity index is 1000. The Balaban J connectivity index is 1.99. The first kappa shape index (κ1) is 20.0. The first-order valence-electron chi connectivity index (χ1n) is 7.90. The number of benzene rings is 2. The molecule has 1 heterocycles. The number of hydrogen-bond acceptors (Lipinski definition) is 4. The summed E-state index contributed by atoms with van der Waals surface area (Å²) in [5.41, 5.74) is 2.59. The molecule has 5 nitrogen and oxygen atoms in total. The van der Waals surface area contributed by atoms with Gasteiger partial charge >= 0.3 is 0 Å². The van der Waals surface area contributed by atoms with Crippen molar-refractivity contribution in [1.29, 1.82) is 0 Å². The van der Waals surface area contributed by atoms with Crippen molar-refractivity contribution in [2.24, 2.45) is 0 Å². The molecule has 3 rings (SSSR count). The number of halogens is 3. The molecule has 0 atom stereocenters. The fourth-order valence-corrected chi connectivity index (χ4v) is 3.78. The van der Waals surface area contributed by atoms with Crippen LogP contribution >= 0.6 is 45.8 Å². The average molecular weight is 517 g/mol. The van der Waals surface area contributed by atoms with E-state index in [-0.39, 0.29) is 10.7 Å². The van der Waals surface area contributed by atoms with Crippen LogP contribution in [0.1, 0.15) is 11.1 Å². The average Bonchev–Trinajstić information content (AvgIpc) is 2.82. The first-order chi connectivity index (χ1) is 12.7. The third kappa shape index (κ3) is 3.66. The molecule has 0 fully saturated rings. The molecule has 2 aromatic carbocycles. The number of methoxy groups -OCH3 is 1. The molecule has 27 heavy (non-hydrogen) atoms. The van der Waals surface area contributed by atoms with Gasteiger partial charge in [-0.3, -0.25) is 9.59 Å². The second-order valence-electron chi connectivity index (χ2n) is 5.99. The molecule has 1 N–H and O–H groups in total. The number of nitrogens with zero attached hydrogens (tertiary/aromatic N) is 1. The van der Waals surface area contributed by atoms with Crippen LogP contribution in [0.15, 0.2) is 41.1 Å². The van der Waals surface area contributed by atoms with Gasteiger partial charge in [-0.25, -0.2) is 4.90 Å². The largest absolute Gasteiger partial charge is 0.495 e. The van der Waals surface area contributed by atoms with Crippen LogP contribution in [-0.4, -0.2) is 18.9 Å². The highest BCUT2D eigenvalue weighted by Crippen LogP contribution is 2.36. The zero-order chi connectivity index (χ0) is 19.9. The molecule has 0 unspecified atom stereocenters. The Morgan fingerprint density at radius 1 is 1.04 bits per heavy atom. The molecule has 1 aliphatic rings. The van der Waals surface area contributed by atoms with Gasteiger partial charge in [0.25, 0.3) is 11.8 Å². The lowest BCUT2D eigenvalue weighted by Crippen LogP contribution is -2.32. The van der Waals surface area contributed by atoms with Crippen LogP contribution in [-0.2, 0) is 9.59 Å². The van der Waals surface area contributed by atoms with Gasteiger partial charge in [0, 0.05) is 14.7 Å². The van der Waals surface area contributed by atoms with Crippen LogP contribution in [0.4, 0.5) is 11.4 Å². The standard InChI is InChI=1S/C19H15Cl2IN2O3/c1-9-7-13(15(27-3)8-12(9)20)23-17-16(21)18(25)24(19(17)26)14-5-4-11(22)6-10(14)2/h4-8,23H,1-3H3. The molecule has 0 radical (unpaired) electrons. The van der Waals surface area contributed by atoms with Gasteiger partial charge in [-0.15, -0.1) is 0 Å². The molecule has 8 heteroatoms. The number of aryl methyl sites for hydroxylation is 2. The number of anilines is 2. The number of amides is 2. The van der Waals surface area contributed by atoms with Crippen molar-refractivity contribution in [3.8, 4) is 5.75 Å². The van der Waals surface area contributed by atoms with E-state index in [9.17, 15) is 9.59 Å². The molecule has 0 bridgehead atoms. The monoisotopic (exact) mass is 516 g/mol. The van der Waals surface area contributed by atoms with E-state index in [0.717, 1.165) is 19.6 Å². The van der Waals surface area contributed by atoms with Crippen LogP contribution in [0, 0.1) is 17.4 Å². The van der Waals surface area contributed by atoms with Crippen molar-refractivity contribution >= 4 is 69.0 Å². The summed E-state index contributed by atoms with van der Waals surface area (Å²) in [7, 11) is 1.49. The lowest BCUT2D eigenvalue weighted by Gasteiger charge is -2.18. The van der Waals surface area contributed by atoms with Crippen molar-refractivity contribution in [1.82, 2.24) is 0 Å². The Morgan fingerprint density at radius 3 is 2.37 bits per heavy atom. The van der Waals surface area contributed by atoms with E-state index in [1.807, 2.05) is 26.0 Å². The number of hydrogen-bond donors (Lipinski definition) is 1. The van der Waals surface area contributed by atoms with Crippen LogP contribution in [0.5, 0.6) is 5.75 Å². The first-order valence-corrected chi connectivity index (χ1v) is 9.74. The van der Waals surface area contributed by atoms with Crippen molar-refractivity contribution in [3.63, 3.8) is 0 Å². The summed E-state index contributed by atoms with van der Waals surface area (Å²) in [6, 6.07) is 8.81. The molecule has 0 aliphatic carbocycles. The number of imide groups is 1. The van der Waals surface area contributed by atoms with Crippen LogP contribution in [0.25, 0.3) is 0 Å². The van der Waals surface area contributed by atoms with E-state index in [0.29, 0.717) is 22.1 Å². The SMILES string of the molecule is COc1cc(Cl)c(C)cc1NC1=C(Cl)C(=O)N(c2ccc(I)cc2C)C1=O. The summed E-state index contributed by atoms with van der Waals surface area (Å²) >= 11 is 14.5. The highest BCUT2D eigenvalue weighted by Gasteiger charge is 2.39. The summed E-state index contributed by atoms with van der Waals surface area (Å²) < 4.78 is 6.32. The summed E-state index contributed by atoms with van der Waals surface area (Å²) in [6.07, 6.45) is 0. The molecule has 0 spiro atoms. The van der Waals surface area contributed by atoms with Crippen molar-refractivity contribution < 1.29 is 14.3 Å². The highest BCUT2D eigenvalue weighted by atomic mass is 127. The van der Waals surface area contributed by atoms with Crippen molar-refractivity contribution in [2.75, 3.05) is 17.3 Å². The van der Waals surface area contributed by atoms with E-state index in [4.69, 9.17) is 27.9 Å². The lowest BCUT2D eigenvalue weighted by molar-refractivity contribution is -0.120. The van der Waals surface area contributed by atoms with Gasteiger partial charge in [0.15, 0.2) is 0 Å². The maximum atomic E-state index is 13.0. The minimum atomic E-state index is -0.571. The summed E-state index contributed by atoms with van der Waals surface area (Å²) in [5.74, 6) is -0.659. The molecular weight excluding hydrogens is 502 g/mol. The predicted molar refractivity (Wildman–Crippen MR) is 116 cm³/mol. The molecule has 2 amide bonds. The minimum Gasteiger partial charge on any atom is -0.495 e. The zero-order valence-electron chi connectivity index (χ0n) is 14.7. The van der Waals surface area contributed by atoms with Gasteiger partial charge in [-0.05, 0) is 71.8 Å². The number of carbonyl (C=O) groups excluding carboxylic acids is 2. The summed E-state index contributed by atoms with van der Waals surface area (Å²) in [5, 5.41) is 3.30. The lowest BCUT2D eigenvalue weighted by atomic mass is 10.2. The van der Waals surface area contributed by atoms with E-state index in [1.54, 1.807) is 18.2 Å². The Kier molecular flexibility index (Phi) is 5.69. The Morgan fingerprint density at radius 2 is 1.74 bits per heavy atom.